The van der Waals surface area contributed by atoms with Gasteiger partial charge in [-0.3, -0.25) is 9.11 Å². The van der Waals surface area contributed by atoms with Crippen LogP contribution in [0.4, 0.5) is 0 Å². The molecule has 26 heavy (non-hydrogen) atoms. The lowest BCUT2D eigenvalue weighted by Gasteiger charge is -2.39. The number of nitrogens with zero attached hydrogens (tertiary/aromatic N) is 2. The van der Waals surface area contributed by atoms with Gasteiger partial charge in [0, 0.05) is 5.57 Å². The van der Waals surface area contributed by atoms with Gasteiger partial charge in [0.2, 0.25) is 0 Å². The highest BCUT2D eigenvalue weighted by Crippen LogP contribution is 2.65. The van der Waals surface area contributed by atoms with Crippen molar-refractivity contribution in [1.29, 1.82) is 10.5 Å². The summed E-state index contributed by atoms with van der Waals surface area (Å²) in [5, 5.41) is 18.5. The molecule has 0 saturated heterocycles. The summed E-state index contributed by atoms with van der Waals surface area (Å²) in [6.07, 6.45) is 3.04. The van der Waals surface area contributed by atoms with Crippen LogP contribution >= 0.6 is 10.6 Å². The Morgan fingerprint density at radius 3 is 1.81 bits per heavy atom. The summed E-state index contributed by atoms with van der Waals surface area (Å²) >= 11 is 0. The van der Waals surface area contributed by atoms with E-state index in [1.807, 2.05) is 37.3 Å². The van der Waals surface area contributed by atoms with E-state index in [-0.39, 0.29) is 5.57 Å². The summed E-state index contributed by atoms with van der Waals surface area (Å²) in [6, 6.07) is 20.1. The second-order valence-corrected chi connectivity index (χ2v) is 7.83. The first-order valence-corrected chi connectivity index (χ1v) is 9.40. The highest BCUT2D eigenvalue weighted by Gasteiger charge is 2.31. The van der Waals surface area contributed by atoms with Gasteiger partial charge in [-0.2, -0.15) is 10.5 Å². The zero-order valence-electron chi connectivity index (χ0n) is 14.0. The molecule has 1 aliphatic heterocycles. The summed E-state index contributed by atoms with van der Waals surface area (Å²) in [4.78, 5) is 0.603. The molecule has 0 atom stereocenters. The van der Waals surface area contributed by atoms with Crippen LogP contribution in [-0.4, -0.2) is 9.11 Å². The van der Waals surface area contributed by atoms with E-state index in [4.69, 9.17) is 0 Å². The van der Waals surface area contributed by atoms with E-state index in [9.17, 15) is 19.6 Å². The number of allylic oxidation sites excluding steroid dienone is 4. The predicted molar refractivity (Wildman–Crippen MR) is 105 cm³/mol. The third-order valence-corrected chi connectivity index (χ3v) is 6.03. The molecular weight excluding hydrogens is 344 g/mol. The van der Waals surface area contributed by atoms with Crippen LogP contribution in [0.15, 0.2) is 77.9 Å². The van der Waals surface area contributed by atoms with Crippen LogP contribution in [0.2, 0.25) is 0 Å². The van der Waals surface area contributed by atoms with Crippen LogP contribution in [-0.2, 0) is 0 Å². The molecule has 2 aromatic carbocycles. The molecule has 3 rings (SSSR count). The Morgan fingerprint density at radius 2 is 1.31 bits per heavy atom. The minimum Gasteiger partial charge on any atom is -0.290 e. The van der Waals surface area contributed by atoms with E-state index < -0.39 is 10.6 Å². The Morgan fingerprint density at radius 1 is 0.808 bits per heavy atom. The number of nitriles is 2. The van der Waals surface area contributed by atoms with Crippen LogP contribution < -0.4 is 0 Å². The molecule has 2 aromatic rings. The maximum atomic E-state index is 11.0. The fourth-order valence-corrected chi connectivity index (χ4v) is 4.47. The molecule has 4 nitrogen and oxygen atoms in total. The van der Waals surface area contributed by atoms with Crippen molar-refractivity contribution in [2.45, 2.75) is 6.92 Å². The monoisotopic (exact) mass is 360 g/mol. The van der Waals surface area contributed by atoms with Crippen LogP contribution in [0.3, 0.4) is 0 Å². The van der Waals surface area contributed by atoms with E-state index in [1.54, 1.807) is 36.4 Å². The molecule has 0 aliphatic carbocycles. The lowest BCUT2D eigenvalue weighted by Crippen LogP contribution is -2.08. The van der Waals surface area contributed by atoms with Crippen molar-refractivity contribution >= 4 is 20.4 Å². The molecule has 0 fully saturated rings. The Bertz CT molecular complexity index is 1000. The van der Waals surface area contributed by atoms with Crippen LogP contribution in [0.5, 0.6) is 0 Å². The van der Waals surface area contributed by atoms with Crippen molar-refractivity contribution in [2.75, 3.05) is 0 Å². The first-order chi connectivity index (χ1) is 12.5. The molecule has 0 radical (unpaired) electrons. The third-order valence-electron chi connectivity index (χ3n) is 4.09. The van der Waals surface area contributed by atoms with E-state index >= 15 is 0 Å². The largest absolute Gasteiger partial charge is 0.290 e. The highest BCUT2D eigenvalue weighted by atomic mass is 32.3. The van der Waals surface area contributed by atoms with E-state index in [0.29, 0.717) is 26.5 Å². The number of hydrogen-bond acceptors (Lipinski definition) is 4. The first kappa shape index (κ1) is 17.7. The minimum absolute atomic E-state index is 0.0713. The van der Waals surface area contributed by atoms with Gasteiger partial charge in [0.15, 0.2) is 0 Å². The summed E-state index contributed by atoms with van der Waals surface area (Å²) in [5.74, 6) is 0. The van der Waals surface area contributed by atoms with E-state index in [1.165, 1.54) is 12.2 Å². The van der Waals surface area contributed by atoms with Crippen molar-refractivity contribution in [3.8, 4) is 12.1 Å². The van der Waals surface area contributed by atoms with Gasteiger partial charge in [-0.05, 0) is 30.2 Å². The molecule has 0 bridgehead atoms. The maximum Gasteiger partial charge on any atom is 0.137 e. The predicted octanol–water partition coefficient (Wildman–Crippen LogP) is 5.48. The SMILES string of the molecule is Cc1ccc(C2=CC(=C(C#N)C#N)C=C(c3ccccc3)S2(O)O)cc1. The van der Waals surface area contributed by atoms with Gasteiger partial charge in [0.25, 0.3) is 0 Å². The summed E-state index contributed by atoms with van der Waals surface area (Å²) in [7, 11) is -3.30. The molecule has 1 heterocycles. The molecule has 5 heteroatoms. The zero-order valence-corrected chi connectivity index (χ0v) is 14.9. The lowest BCUT2D eigenvalue weighted by atomic mass is 10.0. The zero-order chi connectivity index (χ0) is 18.7. The molecule has 128 valence electrons. The van der Waals surface area contributed by atoms with Gasteiger partial charge in [0.05, 0.1) is 9.81 Å². The summed E-state index contributed by atoms with van der Waals surface area (Å²) < 4.78 is 22.1. The number of rotatable bonds is 2. The fraction of sp³-hybridized carbons (Fsp3) is 0.0476. The Labute approximate surface area is 154 Å². The number of hydrogen-bond donors (Lipinski definition) is 2. The van der Waals surface area contributed by atoms with Gasteiger partial charge in [-0.15, -0.1) is 10.6 Å². The van der Waals surface area contributed by atoms with Crippen molar-refractivity contribution in [3.05, 3.63) is 94.6 Å². The van der Waals surface area contributed by atoms with Crippen molar-refractivity contribution in [2.24, 2.45) is 0 Å². The second kappa shape index (κ2) is 7.03. The molecule has 1 aliphatic rings. The molecular formula is C21H16N2O2S. The Balaban J connectivity index is 2.27. The van der Waals surface area contributed by atoms with Crippen molar-refractivity contribution in [3.63, 3.8) is 0 Å². The molecule has 0 saturated carbocycles. The van der Waals surface area contributed by atoms with Gasteiger partial charge in [-0.25, -0.2) is 0 Å². The van der Waals surface area contributed by atoms with Crippen LogP contribution in [0, 0.1) is 29.6 Å². The first-order valence-electron chi connectivity index (χ1n) is 7.86. The van der Waals surface area contributed by atoms with Gasteiger partial charge < -0.3 is 0 Å². The molecule has 0 aromatic heterocycles. The van der Waals surface area contributed by atoms with Gasteiger partial charge in [-0.1, -0.05) is 60.2 Å². The summed E-state index contributed by atoms with van der Waals surface area (Å²) in [6.45, 7) is 1.95. The standard InChI is InChI=1S/C21H16N2O2S/c1-15-7-9-17(10-8-15)21-12-18(19(13-22)14-23)11-20(26(21,24)25)16-5-3-2-4-6-16/h2-12,24-25H,1H3. The molecule has 0 spiro atoms. The van der Waals surface area contributed by atoms with E-state index in [2.05, 4.69) is 0 Å². The Hall–Kier alpha value is -3.09. The average Bonchev–Trinajstić information content (AvgIpc) is 2.65. The third kappa shape index (κ3) is 3.20. The smallest absolute Gasteiger partial charge is 0.137 e. The summed E-state index contributed by atoms with van der Waals surface area (Å²) in [5.41, 5.74) is 2.63. The maximum absolute atomic E-state index is 11.0. The Kier molecular flexibility index (Phi) is 4.79. The van der Waals surface area contributed by atoms with Gasteiger partial charge in [0.1, 0.15) is 17.7 Å². The molecule has 2 N–H and O–H groups in total. The number of aryl methyl sites for hydroxylation is 1. The average molecular weight is 360 g/mol. The second-order valence-electron chi connectivity index (χ2n) is 5.85. The fourth-order valence-electron chi connectivity index (χ4n) is 2.72. The molecule has 0 unspecified atom stereocenters. The number of benzene rings is 2. The normalized spacial score (nSPS) is 16.6. The van der Waals surface area contributed by atoms with Crippen molar-refractivity contribution < 1.29 is 9.11 Å². The topological polar surface area (TPSA) is 88.0 Å². The lowest BCUT2D eigenvalue weighted by molar-refractivity contribution is 0.515. The van der Waals surface area contributed by atoms with Crippen LogP contribution in [0.25, 0.3) is 9.81 Å². The van der Waals surface area contributed by atoms with Crippen molar-refractivity contribution in [1.82, 2.24) is 0 Å². The van der Waals surface area contributed by atoms with E-state index in [0.717, 1.165) is 5.56 Å². The quantitative estimate of drug-likeness (QED) is 0.694. The van der Waals surface area contributed by atoms with Crippen LogP contribution in [0.1, 0.15) is 16.7 Å². The minimum atomic E-state index is -3.30. The molecule has 0 amide bonds. The highest BCUT2D eigenvalue weighted by molar-refractivity contribution is 8.39. The van der Waals surface area contributed by atoms with Gasteiger partial charge >= 0.3 is 0 Å².